The van der Waals surface area contributed by atoms with Gasteiger partial charge in [-0.1, -0.05) is 0 Å². The largest absolute Gasteiger partial charge is 0.338 e. The van der Waals surface area contributed by atoms with Crippen molar-refractivity contribution in [1.29, 1.82) is 0 Å². The van der Waals surface area contributed by atoms with Crippen LogP contribution in [0.25, 0.3) is 6.08 Å². The Labute approximate surface area is 192 Å². The molecule has 9 heteroatoms. The molecule has 168 valence electrons. The number of carbonyl (C=O) groups is 1. The molecule has 3 aromatic rings. The lowest BCUT2D eigenvalue weighted by molar-refractivity contribution is -0.124. The van der Waals surface area contributed by atoms with Crippen molar-refractivity contribution < 1.29 is 4.79 Å². The predicted octanol–water partition coefficient (Wildman–Crippen LogP) is 3.98. The van der Waals surface area contributed by atoms with E-state index in [1.807, 2.05) is 56.5 Å². The van der Waals surface area contributed by atoms with Gasteiger partial charge in [0.1, 0.15) is 11.6 Å². The molecule has 1 saturated heterocycles. The highest BCUT2D eigenvalue weighted by atomic mass is 32.1. The SMILES string of the molecule is Cc1nc(Nc2nc(C)c(C)s2)cc([C@@H]2CCN(C(=O)/C=C/c3c(C)nn(C)c3C)C2)n1. The molecular formula is C23H29N7OS. The number of aryl methyl sites for hydroxylation is 5. The molecule has 4 heterocycles. The second-order valence-electron chi connectivity index (χ2n) is 8.32. The van der Waals surface area contributed by atoms with Gasteiger partial charge in [0.05, 0.1) is 17.1 Å². The summed E-state index contributed by atoms with van der Waals surface area (Å²) < 4.78 is 1.84. The molecule has 0 bridgehead atoms. The first-order valence-corrected chi connectivity index (χ1v) is 11.6. The molecule has 32 heavy (non-hydrogen) atoms. The van der Waals surface area contributed by atoms with Gasteiger partial charge in [-0.05, 0) is 47.1 Å². The third-order valence-electron chi connectivity index (χ3n) is 6.00. The van der Waals surface area contributed by atoms with Gasteiger partial charge in [0.25, 0.3) is 0 Å². The average Bonchev–Trinajstić information content (AvgIpc) is 3.40. The first kappa shape index (κ1) is 22.1. The van der Waals surface area contributed by atoms with Gasteiger partial charge in [-0.3, -0.25) is 9.48 Å². The van der Waals surface area contributed by atoms with Crippen LogP contribution in [0.3, 0.4) is 0 Å². The molecule has 1 N–H and O–H groups in total. The van der Waals surface area contributed by atoms with Gasteiger partial charge in [-0.2, -0.15) is 5.10 Å². The summed E-state index contributed by atoms with van der Waals surface area (Å²) in [5.41, 5.74) is 4.97. The van der Waals surface area contributed by atoms with Gasteiger partial charge in [-0.25, -0.2) is 15.0 Å². The predicted molar refractivity (Wildman–Crippen MR) is 127 cm³/mol. The number of nitrogens with zero attached hydrogens (tertiary/aromatic N) is 6. The lowest BCUT2D eigenvalue weighted by Gasteiger charge is -2.15. The Kier molecular flexibility index (Phi) is 6.10. The van der Waals surface area contributed by atoms with Crippen molar-refractivity contribution >= 4 is 34.3 Å². The normalized spacial score (nSPS) is 16.3. The number of aromatic nitrogens is 5. The third-order valence-corrected chi connectivity index (χ3v) is 6.99. The molecule has 1 aliphatic heterocycles. The fraction of sp³-hybridized carbons (Fsp3) is 0.435. The Balaban J connectivity index is 1.45. The third kappa shape index (κ3) is 4.57. The van der Waals surface area contributed by atoms with Crippen LogP contribution in [-0.2, 0) is 11.8 Å². The molecule has 0 aromatic carbocycles. The lowest BCUT2D eigenvalue weighted by atomic mass is 10.0. The van der Waals surface area contributed by atoms with Crippen molar-refractivity contribution in [1.82, 2.24) is 29.6 Å². The molecule has 4 rings (SSSR count). The summed E-state index contributed by atoms with van der Waals surface area (Å²) in [6.45, 7) is 11.3. The summed E-state index contributed by atoms with van der Waals surface area (Å²) >= 11 is 1.62. The summed E-state index contributed by atoms with van der Waals surface area (Å²) in [5.74, 6) is 1.67. The molecule has 8 nitrogen and oxygen atoms in total. The summed E-state index contributed by atoms with van der Waals surface area (Å²) in [5, 5.41) is 8.55. The number of anilines is 2. The fourth-order valence-corrected chi connectivity index (χ4v) is 4.81. The van der Waals surface area contributed by atoms with Crippen molar-refractivity contribution in [3.63, 3.8) is 0 Å². The van der Waals surface area contributed by atoms with Gasteiger partial charge in [-0.15, -0.1) is 11.3 Å². The van der Waals surface area contributed by atoms with Crippen LogP contribution in [-0.4, -0.2) is 48.6 Å². The van der Waals surface area contributed by atoms with Crippen LogP contribution in [0.4, 0.5) is 10.9 Å². The van der Waals surface area contributed by atoms with Crippen molar-refractivity contribution in [2.45, 2.75) is 47.0 Å². The van der Waals surface area contributed by atoms with Crippen LogP contribution in [0.15, 0.2) is 12.1 Å². The summed E-state index contributed by atoms with van der Waals surface area (Å²) in [4.78, 5) is 29.6. The molecule has 1 atom stereocenters. The minimum atomic E-state index is 0.0213. The van der Waals surface area contributed by atoms with Crippen molar-refractivity contribution in [2.75, 3.05) is 18.4 Å². The minimum absolute atomic E-state index is 0.0213. The van der Waals surface area contributed by atoms with E-state index in [0.29, 0.717) is 12.4 Å². The number of rotatable bonds is 5. The topological polar surface area (TPSA) is 88.8 Å². The molecular weight excluding hydrogens is 422 g/mol. The first-order valence-electron chi connectivity index (χ1n) is 10.7. The van der Waals surface area contributed by atoms with E-state index in [9.17, 15) is 4.79 Å². The number of thiazole rings is 1. The fourth-order valence-electron chi connectivity index (χ4n) is 3.99. The van der Waals surface area contributed by atoms with Crippen LogP contribution in [0.5, 0.6) is 0 Å². The highest BCUT2D eigenvalue weighted by Gasteiger charge is 2.28. The quantitative estimate of drug-likeness (QED) is 0.590. The number of amides is 1. The molecule has 1 amide bonds. The zero-order valence-corrected chi connectivity index (χ0v) is 20.2. The van der Waals surface area contributed by atoms with E-state index in [2.05, 4.69) is 32.3 Å². The number of hydrogen-bond donors (Lipinski definition) is 1. The second-order valence-corrected chi connectivity index (χ2v) is 9.53. The van der Waals surface area contributed by atoms with E-state index >= 15 is 0 Å². The average molecular weight is 452 g/mol. The summed E-state index contributed by atoms with van der Waals surface area (Å²) in [7, 11) is 1.91. The number of nitrogens with one attached hydrogen (secondary N) is 1. The van der Waals surface area contributed by atoms with Crippen LogP contribution in [0.1, 0.15) is 51.4 Å². The van der Waals surface area contributed by atoms with E-state index in [0.717, 1.165) is 52.3 Å². The van der Waals surface area contributed by atoms with E-state index in [4.69, 9.17) is 0 Å². The van der Waals surface area contributed by atoms with Gasteiger partial charge in [0.15, 0.2) is 5.13 Å². The monoisotopic (exact) mass is 451 g/mol. The Hall–Kier alpha value is -3.07. The highest BCUT2D eigenvalue weighted by molar-refractivity contribution is 7.15. The molecule has 3 aromatic heterocycles. The van der Waals surface area contributed by atoms with Crippen LogP contribution < -0.4 is 5.32 Å². The summed E-state index contributed by atoms with van der Waals surface area (Å²) in [6, 6.07) is 1.98. The minimum Gasteiger partial charge on any atom is -0.338 e. The van der Waals surface area contributed by atoms with Crippen LogP contribution in [0.2, 0.25) is 0 Å². The van der Waals surface area contributed by atoms with Crippen molar-refractivity contribution in [2.24, 2.45) is 7.05 Å². The Bertz CT molecular complexity index is 1170. The zero-order chi connectivity index (χ0) is 23.0. The lowest BCUT2D eigenvalue weighted by Crippen LogP contribution is -2.26. The molecule has 0 aliphatic carbocycles. The number of likely N-dealkylation sites (tertiary alicyclic amines) is 1. The van der Waals surface area contributed by atoms with Crippen molar-refractivity contribution in [3.8, 4) is 0 Å². The van der Waals surface area contributed by atoms with E-state index in [1.165, 1.54) is 4.88 Å². The van der Waals surface area contributed by atoms with Crippen molar-refractivity contribution in [3.05, 3.63) is 51.2 Å². The molecule has 0 radical (unpaired) electrons. The second kappa shape index (κ2) is 8.82. The zero-order valence-electron chi connectivity index (χ0n) is 19.4. The highest BCUT2D eigenvalue weighted by Crippen LogP contribution is 2.29. The molecule has 0 unspecified atom stereocenters. The molecule has 0 spiro atoms. The Morgan fingerprint density at radius 2 is 1.94 bits per heavy atom. The van der Waals surface area contributed by atoms with Gasteiger partial charge in [0, 0.05) is 54.3 Å². The van der Waals surface area contributed by atoms with Gasteiger partial charge >= 0.3 is 0 Å². The number of hydrogen-bond acceptors (Lipinski definition) is 7. The number of carbonyl (C=O) groups excluding carboxylic acids is 1. The maximum Gasteiger partial charge on any atom is 0.246 e. The maximum absolute atomic E-state index is 12.8. The maximum atomic E-state index is 12.8. The van der Waals surface area contributed by atoms with E-state index in [-0.39, 0.29) is 11.8 Å². The molecule has 1 aliphatic rings. The Morgan fingerprint density at radius 1 is 1.16 bits per heavy atom. The summed E-state index contributed by atoms with van der Waals surface area (Å²) in [6.07, 6.45) is 4.42. The smallest absolute Gasteiger partial charge is 0.246 e. The van der Waals surface area contributed by atoms with E-state index in [1.54, 1.807) is 17.4 Å². The standard InChI is InChI=1S/C23H29N7OS/c1-13-16(4)32-23(24-13)27-21-11-20(25-17(5)26-21)18-9-10-30(12-18)22(31)8-7-19-14(2)28-29(6)15(19)3/h7-8,11,18H,9-10,12H2,1-6H3,(H,24,25,26,27)/b8-7+/t18-/m1/s1. The van der Waals surface area contributed by atoms with Gasteiger partial charge < -0.3 is 10.2 Å². The van der Waals surface area contributed by atoms with Crippen LogP contribution in [0, 0.1) is 34.6 Å². The molecule has 1 fully saturated rings. The Morgan fingerprint density at radius 3 is 2.59 bits per heavy atom. The van der Waals surface area contributed by atoms with Gasteiger partial charge in [0.2, 0.25) is 5.91 Å². The van der Waals surface area contributed by atoms with E-state index < -0.39 is 0 Å². The first-order chi connectivity index (χ1) is 15.2. The molecule has 0 saturated carbocycles. The van der Waals surface area contributed by atoms with Crippen LogP contribution >= 0.6 is 11.3 Å².